The molecule has 0 radical (unpaired) electrons. The third kappa shape index (κ3) is 2.43. The Balaban J connectivity index is 1.93. The number of aryl methyl sites for hydroxylation is 3. The summed E-state index contributed by atoms with van der Waals surface area (Å²) in [6, 6.07) is 6.41. The van der Waals surface area contributed by atoms with E-state index in [2.05, 4.69) is 49.0 Å². The quantitative estimate of drug-likeness (QED) is 0.752. The number of fused-ring (bicyclic) bond motifs is 1. The first-order chi connectivity index (χ1) is 9.65. The zero-order valence-electron chi connectivity index (χ0n) is 12.3. The lowest BCUT2D eigenvalue weighted by Crippen LogP contribution is -2.02. The van der Waals surface area contributed by atoms with Crippen LogP contribution in [0.2, 0.25) is 0 Å². The van der Waals surface area contributed by atoms with Gasteiger partial charge in [-0.05, 0) is 55.4 Å². The molecule has 0 fully saturated rings. The van der Waals surface area contributed by atoms with E-state index in [9.17, 15) is 4.79 Å². The van der Waals surface area contributed by atoms with Crippen molar-refractivity contribution < 1.29 is 4.79 Å². The highest BCUT2D eigenvalue weighted by Crippen LogP contribution is 2.23. The second-order valence-corrected chi connectivity index (χ2v) is 5.87. The molecule has 2 nitrogen and oxygen atoms in total. The van der Waals surface area contributed by atoms with Crippen molar-refractivity contribution in [1.29, 1.82) is 0 Å². The molecule has 2 aromatic rings. The van der Waals surface area contributed by atoms with Crippen LogP contribution < -0.4 is 0 Å². The van der Waals surface area contributed by atoms with Gasteiger partial charge in [-0.25, -0.2) is 0 Å². The van der Waals surface area contributed by atoms with Crippen LogP contribution in [0.25, 0.3) is 0 Å². The fourth-order valence-electron chi connectivity index (χ4n) is 3.11. The fraction of sp³-hybridized carbons (Fsp3) is 0.389. The SMILES string of the molecule is Cc1cccc(C)c1Cn1cc2c(c1)C(=O)CCCC2. The first-order valence-corrected chi connectivity index (χ1v) is 7.42. The molecule has 0 saturated heterocycles. The predicted octanol–water partition coefficient (Wildman–Crippen LogP) is 4.06. The normalized spacial score (nSPS) is 15.0. The van der Waals surface area contributed by atoms with E-state index in [0.717, 1.165) is 31.4 Å². The summed E-state index contributed by atoms with van der Waals surface area (Å²) in [6.07, 6.45) is 8.14. The number of hydrogen-bond acceptors (Lipinski definition) is 1. The van der Waals surface area contributed by atoms with Gasteiger partial charge in [0.25, 0.3) is 0 Å². The summed E-state index contributed by atoms with van der Waals surface area (Å²) in [4.78, 5) is 12.1. The molecule has 3 rings (SSSR count). The summed E-state index contributed by atoms with van der Waals surface area (Å²) >= 11 is 0. The average molecular weight is 267 g/mol. The van der Waals surface area contributed by atoms with Gasteiger partial charge in [0.05, 0.1) is 0 Å². The molecule has 0 bridgehead atoms. The molecule has 0 N–H and O–H groups in total. The Kier molecular flexibility index (Phi) is 3.47. The van der Waals surface area contributed by atoms with E-state index in [1.807, 2.05) is 0 Å². The number of Topliss-reactive ketones (excluding diaryl/α,β-unsaturated/α-hetero) is 1. The van der Waals surface area contributed by atoms with Gasteiger partial charge in [0.2, 0.25) is 0 Å². The van der Waals surface area contributed by atoms with E-state index >= 15 is 0 Å². The van der Waals surface area contributed by atoms with E-state index in [0.29, 0.717) is 12.2 Å². The Morgan fingerprint density at radius 3 is 2.50 bits per heavy atom. The van der Waals surface area contributed by atoms with Crippen molar-refractivity contribution in [2.24, 2.45) is 0 Å². The van der Waals surface area contributed by atoms with Gasteiger partial charge in [0.15, 0.2) is 5.78 Å². The molecule has 0 aliphatic heterocycles. The summed E-state index contributed by atoms with van der Waals surface area (Å²) in [5.74, 6) is 0.317. The van der Waals surface area contributed by atoms with Crippen molar-refractivity contribution in [1.82, 2.24) is 4.57 Å². The van der Waals surface area contributed by atoms with Crippen molar-refractivity contribution in [2.45, 2.75) is 46.1 Å². The summed E-state index contributed by atoms with van der Waals surface area (Å²) in [5, 5.41) is 0. The van der Waals surface area contributed by atoms with Crippen LogP contribution in [0.4, 0.5) is 0 Å². The number of ketones is 1. The molecule has 1 heterocycles. The largest absolute Gasteiger partial charge is 0.349 e. The van der Waals surface area contributed by atoms with Crippen LogP contribution in [0.5, 0.6) is 0 Å². The molecular formula is C18H21NO. The average Bonchev–Trinajstić information content (AvgIpc) is 2.74. The molecule has 20 heavy (non-hydrogen) atoms. The minimum absolute atomic E-state index is 0.317. The van der Waals surface area contributed by atoms with E-state index in [1.165, 1.54) is 22.3 Å². The van der Waals surface area contributed by atoms with Gasteiger partial charge >= 0.3 is 0 Å². The number of carbonyl (C=O) groups is 1. The Morgan fingerprint density at radius 1 is 1.05 bits per heavy atom. The van der Waals surface area contributed by atoms with Gasteiger partial charge in [-0.1, -0.05) is 18.2 Å². The number of nitrogens with zero attached hydrogens (tertiary/aromatic N) is 1. The lowest BCUT2D eigenvalue weighted by Gasteiger charge is -2.10. The van der Waals surface area contributed by atoms with Crippen LogP contribution in [0, 0.1) is 13.8 Å². The molecule has 0 atom stereocenters. The van der Waals surface area contributed by atoms with Crippen molar-refractivity contribution in [3.63, 3.8) is 0 Å². The zero-order chi connectivity index (χ0) is 14.1. The second-order valence-electron chi connectivity index (χ2n) is 5.87. The lowest BCUT2D eigenvalue weighted by atomic mass is 10.0. The van der Waals surface area contributed by atoms with E-state index in [-0.39, 0.29) is 0 Å². The molecule has 0 unspecified atom stereocenters. The summed E-state index contributed by atoms with van der Waals surface area (Å²) in [7, 11) is 0. The second kappa shape index (κ2) is 5.28. The van der Waals surface area contributed by atoms with Crippen LogP contribution in [0.1, 0.15) is 51.9 Å². The maximum absolute atomic E-state index is 12.1. The minimum Gasteiger partial charge on any atom is -0.349 e. The van der Waals surface area contributed by atoms with Gasteiger partial charge < -0.3 is 4.57 Å². The van der Waals surface area contributed by atoms with Crippen LogP contribution in [-0.2, 0) is 13.0 Å². The summed E-state index contributed by atoms with van der Waals surface area (Å²) < 4.78 is 2.18. The smallest absolute Gasteiger partial charge is 0.164 e. The van der Waals surface area contributed by atoms with Crippen LogP contribution in [0.15, 0.2) is 30.6 Å². The molecule has 1 aliphatic rings. The highest BCUT2D eigenvalue weighted by molar-refractivity contribution is 5.97. The first-order valence-electron chi connectivity index (χ1n) is 7.42. The summed E-state index contributed by atoms with van der Waals surface area (Å²) in [6.45, 7) is 5.17. The Bertz CT molecular complexity index is 631. The van der Waals surface area contributed by atoms with Gasteiger partial charge in [-0.3, -0.25) is 4.79 Å². The lowest BCUT2D eigenvalue weighted by molar-refractivity contribution is 0.0982. The first kappa shape index (κ1) is 13.2. The van der Waals surface area contributed by atoms with Crippen LogP contribution >= 0.6 is 0 Å². The van der Waals surface area contributed by atoms with Gasteiger partial charge in [-0.15, -0.1) is 0 Å². The van der Waals surface area contributed by atoms with E-state index < -0.39 is 0 Å². The maximum Gasteiger partial charge on any atom is 0.164 e. The third-order valence-electron chi connectivity index (χ3n) is 4.35. The molecule has 0 spiro atoms. The topological polar surface area (TPSA) is 22.0 Å². The summed E-state index contributed by atoms with van der Waals surface area (Å²) in [5.41, 5.74) is 6.19. The predicted molar refractivity (Wildman–Crippen MR) is 81.3 cm³/mol. The van der Waals surface area contributed by atoms with Crippen LogP contribution in [0.3, 0.4) is 0 Å². The molecule has 1 aromatic carbocycles. The van der Waals surface area contributed by atoms with Crippen molar-refractivity contribution in [3.8, 4) is 0 Å². The molecular weight excluding hydrogens is 246 g/mol. The standard InChI is InChI=1S/C18H21NO/c1-13-6-5-7-14(2)16(13)11-19-10-15-8-3-4-9-18(20)17(15)12-19/h5-7,10,12H,3-4,8-9,11H2,1-2H3. The molecule has 2 heteroatoms. The molecule has 0 amide bonds. The molecule has 1 aromatic heterocycles. The number of benzene rings is 1. The monoisotopic (exact) mass is 267 g/mol. The highest BCUT2D eigenvalue weighted by Gasteiger charge is 2.18. The van der Waals surface area contributed by atoms with E-state index in [1.54, 1.807) is 0 Å². The number of aromatic nitrogens is 1. The molecule has 1 aliphatic carbocycles. The number of carbonyl (C=O) groups excluding carboxylic acids is 1. The van der Waals surface area contributed by atoms with Crippen LogP contribution in [-0.4, -0.2) is 10.4 Å². The molecule has 104 valence electrons. The Morgan fingerprint density at radius 2 is 1.75 bits per heavy atom. The van der Waals surface area contributed by atoms with Crippen molar-refractivity contribution >= 4 is 5.78 Å². The zero-order valence-corrected chi connectivity index (χ0v) is 12.3. The van der Waals surface area contributed by atoms with Crippen molar-refractivity contribution in [2.75, 3.05) is 0 Å². The fourth-order valence-corrected chi connectivity index (χ4v) is 3.11. The van der Waals surface area contributed by atoms with Gasteiger partial charge in [0.1, 0.15) is 0 Å². The number of rotatable bonds is 2. The highest BCUT2D eigenvalue weighted by atomic mass is 16.1. The van der Waals surface area contributed by atoms with E-state index in [4.69, 9.17) is 0 Å². The van der Waals surface area contributed by atoms with Gasteiger partial charge in [0, 0.05) is 30.9 Å². The Hall–Kier alpha value is -1.83. The molecule has 0 saturated carbocycles. The number of hydrogen-bond donors (Lipinski definition) is 0. The Labute approximate surface area is 120 Å². The maximum atomic E-state index is 12.1. The van der Waals surface area contributed by atoms with Gasteiger partial charge in [-0.2, -0.15) is 0 Å². The third-order valence-corrected chi connectivity index (χ3v) is 4.35. The van der Waals surface area contributed by atoms with Crippen molar-refractivity contribution in [3.05, 3.63) is 58.4 Å². The minimum atomic E-state index is 0.317.